The Balaban J connectivity index is 4.31. The van der Waals surface area contributed by atoms with Gasteiger partial charge >= 0.3 is 6.16 Å². The molecule has 0 aliphatic rings. The van der Waals surface area contributed by atoms with Crippen LogP contribution in [0.1, 0.15) is 13.8 Å². The summed E-state index contributed by atoms with van der Waals surface area (Å²) in [6, 6.07) is 0. The molecule has 0 aromatic carbocycles. The molecule has 19 heavy (non-hydrogen) atoms. The molecule has 0 aliphatic carbocycles. The predicted molar refractivity (Wildman–Crippen MR) is 63.2 cm³/mol. The van der Waals surface area contributed by atoms with Crippen molar-refractivity contribution >= 4 is 6.16 Å². The van der Waals surface area contributed by atoms with Crippen molar-refractivity contribution in [2.75, 3.05) is 41.7 Å². The van der Waals surface area contributed by atoms with Crippen LogP contribution in [-0.2, 0) is 33.5 Å². The number of hydrogen-bond donors (Lipinski definition) is 0. The molecule has 0 bridgehead atoms. The van der Waals surface area contributed by atoms with Gasteiger partial charge in [-0.3, -0.25) is 4.89 Å². The van der Waals surface area contributed by atoms with Gasteiger partial charge in [0.2, 0.25) is 11.6 Å². The minimum atomic E-state index is -1.26. The van der Waals surface area contributed by atoms with Gasteiger partial charge in [0.05, 0.1) is 0 Å². The van der Waals surface area contributed by atoms with Gasteiger partial charge < -0.3 is 23.7 Å². The van der Waals surface area contributed by atoms with Crippen LogP contribution in [-0.4, -0.2) is 59.4 Å². The normalized spacial score (nSPS) is 17.4. The molecule has 0 aromatic heterocycles. The second-order valence-electron chi connectivity index (χ2n) is 4.06. The minimum Gasteiger partial charge on any atom is -0.397 e. The number of methoxy groups -OCH3 is 4. The molecule has 0 heterocycles. The molecule has 0 aromatic rings. The van der Waals surface area contributed by atoms with Gasteiger partial charge in [-0.1, -0.05) is 0 Å². The molecule has 0 radical (unpaired) electrons. The van der Waals surface area contributed by atoms with E-state index in [1.54, 1.807) is 0 Å². The van der Waals surface area contributed by atoms with Crippen molar-refractivity contribution < 1.29 is 38.3 Å². The quantitative estimate of drug-likeness (QED) is 0.269. The smallest absolute Gasteiger partial charge is 0.397 e. The van der Waals surface area contributed by atoms with Crippen molar-refractivity contribution in [3.8, 4) is 0 Å². The van der Waals surface area contributed by atoms with Crippen molar-refractivity contribution in [3.63, 3.8) is 0 Å². The molecule has 0 saturated heterocycles. The number of rotatable bonds is 9. The summed E-state index contributed by atoms with van der Waals surface area (Å²) >= 11 is 0. The first kappa shape index (κ1) is 18.1. The standard InChI is InChI=1S/C11H22O8/c1-10(15-5,7-13-3)17-9(12)18-19-11(2,16-6)8-14-4/h7-8H2,1-6H3. The number of ether oxygens (including phenoxy) is 5. The average Bonchev–Trinajstić information content (AvgIpc) is 2.37. The van der Waals surface area contributed by atoms with E-state index in [4.69, 9.17) is 28.6 Å². The molecule has 114 valence electrons. The number of carbonyl (C=O) groups excluding carboxylic acids is 1. The first-order valence-corrected chi connectivity index (χ1v) is 5.51. The largest absolute Gasteiger partial charge is 0.543 e. The van der Waals surface area contributed by atoms with Gasteiger partial charge in [-0.15, -0.1) is 4.89 Å². The molecule has 8 heteroatoms. The molecule has 0 spiro atoms. The lowest BCUT2D eigenvalue weighted by Crippen LogP contribution is -2.41. The van der Waals surface area contributed by atoms with E-state index in [0.29, 0.717) is 0 Å². The Kier molecular flexibility index (Phi) is 7.88. The Bertz CT molecular complexity index is 271. The van der Waals surface area contributed by atoms with Gasteiger partial charge in [-0.25, -0.2) is 4.79 Å². The second kappa shape index (κ2) is 8.28. The van der Waals surface area contributed by atoms with E-state index >= 15 is 0 Å². The van der Waals surface area contributed by atoms with Crippen LogP contribution >= 0.6 is 0 Å². The first-order chi connectivity index (χ1) is 8.84. The van der Waals surface area contributed by atoms with E-state index in [-0.39, 0.29) is 13.2 Å². The summed E-state index contributed by atoms with van der Waals surface area (Å²) in [5, 5.41) is 0. The van der Waals surface area contributed by atoms with Gasteiger partial charge in [-0.2, -0.15) is 0 Å². The molecule has 8 nitrogen and oxygen atoms in total. The summed E-state index contributed by atoms with van der Waals surface area (Å²) in [7, 11) is 5.66. The monoisotopic (exact) mass is 282 g/mol. The first-order valence-electron chi connectivity index (χ1n) is 5.51. The maximum absolute atomic E-state index is 11.5. The zero-order valence-corrected chi connectivity index (χ0v) is 12.2. The van der Waals surface area contributed by atoms with Crippen LogP contribution < -0.4 is 0 Å². The fraction of sp³-hybridized carbons (Fsp3) is 0.909. The van der Waals surface area contributed by atoms with Crippen molar-refractivity contribution in [1.29, 1.82) is 0 Å². The summed E-state index contributed by atoms with van der Waals surface area (Å²) < 4.78 is 24.6. The summed E-state index contributed by atoms with van der Waals surface area (Å²) in [6.07, 6.45) is -1.08. The maximum Gasteiger partial charge on any atom is 0.543 e. The van der Waals surface area contributed by atoms with Gasteiger partial charge in [0.15, 0.2) is 0 Å². The van der Waals surface area contributed by atoms with Crippen LogP contribution in [0.2, 0.25) is 0 Å². The summed E-state index contributed by atoms with van der Waals surface area (Å²) in [5.41, 5.74) is 0. The van der Waals surface area contributed by atoms with Crippen LogP contribution in [0.15, 0.2) is 0 Å². The molecule has 0 rings (SSSR count). The van der Waals surface area contributed by atoms with E-state index in [1.807, 2.05) is 0 Å². The van der Waals surface area contributed by atoms with E-state index in [1.165, 1.54) is 42.3 Å². The zero-order valence-electron chi connectivity index (χ0n) is 12.2. The Morgan fingerprint density at radius 1 is 0.895 bits per heavy atom. The van der Waals surface area contributed by atoms with Crippen LogP contribution in [0.25, 0.3) is 0 Å². The molecular weight excluding hydrogens is 260 g/mol. The third-order valence-electron chi connectivity index (χ3n) is 2.26. The highest BCUT2D eigenvalue weighted by molar-refractivity contribution is 5.59. The van der Waals surface area contributed by atoms with E-state index in [9.17, 15) is 4.79 Å². The molecule has 2 unspecified atom stereocenters. The Morgan fingerprint density at radius 3 is 1.79 bits per heavy atom. The Hall–Kier alpha value is -0.930. The van der Waals surface area contributed by atoms with Crippen molar-refractivity contribution in [2.24, 2.45) is 0 Å². The maximum atomic E-state index is 11.5. The molecule has 0 N–H and O–H groups in total. The molecule has 2 atom stereocenters. The van der Waals surface area contributed by atoms with Gasteiger partial charge in [0, 0.05) is 35.4 Å². The highest BCUT2D eigenvalue weighted by Crippen LogP contribution is 2.16. The molecule has 0 fully saturated rings. The summed E-state index contributed by atoms with van der Waals surface area (Å²) in [4.78, 5) is 20.8. The van der Waals surface area contributed by atoms with Gasteiger partial charge in [0.1, 0.15) is 13.2 Å². The number of hydrogen-bond acceptors (Lipinski definition) is 8. The topological polar surface area (TPSA) is 81.7 Å². The van der Waals surface area contributed by atoms with Crippen molar-refractivity contribution in [3.05, 3.63) is 0 Å². The lowest BCUT2D eigenvalue weighted by molar-refractivity contribution is -0.404. The average molecular weight is 282 g/mol. The highest BCUT2D eigenvalue weighted by Gasteiger charge is 2.33. The molecule has 0 saturated carbocycles. The van der Waals surface area contributed by atoms with Crippen molar-refractivity contribution in [1.82, 2.24) is 0 Å². The van der Waals surface area contributed by atoms with Crippen LogP contribution in [0, 0.1) is 0 Å². The Morgan fingerprint density at radius 2 is 1.37 bits per heavy atom. The predicted octanol–water partition coefficient (Wildman–Crippen LogP) is 1.09. The third-order valence-corrected chi connectivity index (χ3v) is 2.26. The SMILES string of the molecule is COCC(C)(OC)OOC(=O)OC(C)(COC)OC. The minimum absolute atomic E-state index is 0.0399. The Labute approximate surface area is 112 Å². The summed E-state index contributed by atoms with van der Waals surface area (Å²) in [5.74, 6) is -2.49. The highest BCUT2D eigenvalue weighted by atomic mass is 17.3. The number of carbonyl (C=O) groups is 1. The van der Waals surface area contributed by atoms with Gasteiger partial charge in [0.25, 0.3) is 0 Å². The van der Waals surface area contributed by atoms with Crippen molar-refractivity contribution in [2.45, 2.75) is 25.4 Å². The third kappa shape index (κ3) is 6.69. The second-order valence-corrected chi connectivity index (χ2v) is 4.06. The van der Waals surface area contributed by atoms with E-state index in [0.717, 1.165) is 0 Å². The fourth-order valence-corrected chi connectivity index (χ4v) is 1.09. The molecular formula is C11H22O8. The lowest BCUT2D eigenvalue weighted by atomic mass is 10.3. The van der Waals surface area contributed by atoms with E-state index in [2.05, 4.69) is 4.89 Å². The molecule has 0 aliphatic heterocycles. The van der Waals surface area contributed by atoms with Gasteiger partial charge in [-0.05, 0) is 6.92 Å². The molecule has 0 amide bonds. The lowest BCUT2D eigenvalue weighted by Gasteiger charge is -2.28. The zero-order chi connectivity index (χ0) is 14.9. The summed E-state index contributed by atoms with van der Waals surface area (Å²) in [6.45, 7) is 3.16. The van der Waals surface area contributed by atoms with Crippen LogP contribution in [0.5, 0.6) is 0 Å². The van der Waals surface area contributed by atoms with Crippen LogP contribution in [0.3, 0.4) is 0 Å². The van der Waals surface area contributed by atoms with E-state index < -0.39 is 17.7 Å². The van der Waals surface area contributed by atoms with Crippen LogP contribution in [0.4, 0.5) is 4.79 Å². The fourth-order valence-electron chi connectivity index (χ4n) is 1.09.